The summed E-state index contributed by atoms with van der Waals surface area (Å²) < 4.78 is 12.3. The van der Waals surface area contributed by atoms with Crippen LogP contribution in [-0.4, -0.2) is 25.4 Å². The quantitative estimate of drug-likeness (QED) is 0.693. The Balaban J connectivity index is 2.10. The van der Waals surface area contributed by atoms with Gasteiger partial charge in [0.05, 0.1) is 25.4 Å². The molecular formula is C19H36O2. The van der Waals surface area contributed by atoms with Gasteiger partial charge in [-0.1, -0.05) is 54.9 Å². The van der Waals surface area contributed by atoms with Crippen molar-refractivity contribution in [2.24, 2.45) is 28.6 Å². The molecule has 2 rings (SSSR count). The molecule has 5 atom stereocenters. The second kappa shape index (κ2) is 6.20. The van der Waals surface area contributed by atoms with Crippen LogP contribution in [-0.2, 0) is 9.47 Å². The molecule has 5 unspecified atom stereocenters. The Hall–Kier alpha value is -0.0800. The monoisotopic (exact) mass is 296 g/mol. The van der Waals surface area contributed by atoms with Crippen LogP contribution in [0.5, 0.6) is 0 Å². The van der Waals surface area contributed by atoms with Crippen molar-refractivity contribution < 1.29 is 9.47 Å². The molecule has 0 aromatic carbocycles. The van der Waals surface area contributed by atoms with E-state index < -0.39 is 0 Å². The van der Waals surface area contributed by atoms with Crippen molar-refractivity contribution in [2.45, 2.75) is 79.9 Å². The van der Waals surface area contributed by atoms with Crippen molar-refractivity contribution in [3.8, 4) is 0 Å². The Morgan fingerprint density at radius 1 is 0.952 bits per heavy atom. The molecule has 0 amide bonds. The summed E-state index contributed by atoms with van der Waals surface area (Å²) in [4.78, 5) is 0. The van der Waals surface area contributed by atoms with E-state index in [9.17, 15) is 0 Å². The van der Waals surface area contributed by atoms with E-state index >= 15 is 0 Å². The van der Waals surface area contributed by atoms with Gasteiger partial charge < -0.3 is 9.47 Å². The molecule has 2 heterocycles. The van der Waals surface area contributed by atoms with Gasteiger partial charge in [-0.25, -0.2) is 0 Å². The molecule has 0 saturated carbocycles. The molecule has 2 saturated heterocycles. The number of ether oxygens (including phenoxy) is 2. The zero-order chi connectivity index (χ0) is 15.8. The molecule has 0 aromatic heterocycles. The Bertz CT molecular complexity index is 349. The van der Waals surface area contributed by atoms with Gasteiger partial charge in [-0.05, 0) is 29.6 Å². The largest absolute Gasteiger partial charge is 0.375 e. The van der Waals surface area contributed by atoms with Crippen LogP contribution in [0.2, 0.25) is 0 Å². The first kappa shape index (κ1) is 17.3. The molecule has 0 bridgehead atoms. The van der Waals surface area contributed by atoms with Gasteiger partial charge in [0.2, 0.25) is 0 Å². The van der Waals surface area contributed by atoms with Gasteiger partial charge in [-0.3, -0.25) is 0 Å². The SMILES string of the molecule is CCC1COC2C(CC(C)(CC)C(C)(C)C(C)C)COC12. The predicted octanol–water partition coefficient (Wildman–Crippen LogP) is 4.92. The molecule has 2 aliphatic heterocycles. The molecule has 0 spiro atoms. The molecular weight excluding hydrogens is 260 g/mol. The third-order valence-corrected chi connectivity index (χ3v) is 7.27. The maximum absolute atomic E-state index is 6.13. The summed E-state index contributed by atoms with van der Waals surface area (Å²) in [5.41, 5.74) is 0.681. The molecule has 124 valence electrons. The van der Waals surface area contributed by atoms with E-state index in [0.717, 1.165) is 13.2 Å². The first-order valence-electron chi connectivity index (χ1n) is 9.00. The fraction of sp³-hybridized carbons (Fsp3) is 1.00. The van der Waals surface area contributed by atoms with E-state index in [1.54, 1.807) is 0 Å². The summed E-state index contributed by atoms with van der Waals surface area (Å²) in [6.45, 7) is 18.5. The van der Waals surface area contributed by atoms with Crippen LogP contribution in [0.4, 0.5) is 0 Å². The third-order valence-electron chi connectivity index (χ3n) is 7.27. The molecule has 21 heavy (non-hydrogen) atoms. The van der Waals surface area contributed by atoms with Gasteiger partial charge in [-0.2, -0.15) is 0 Å². The molecule has 0 aromatic rings. The van der Waals surface area contributed by atoms with Gasteiger partial charge in [0.15, 0.2) is 0 Å². The lowest BCUT2D eigenvalue weighted by atomic mass is 9.56. The van der Waals surface area contributed by atoms with Gasteiger partial charge in [0.1, 0.15) is 0 Å². The van der Waals surface area contributed by atoms with Crippen LogP contribution in [0, 0.1) is 28.6 Å². The van der Waals surface area contributed by atoms with Gasteiger partial charge >= 0.3 is 0 Å². The average molecular weight is 296 g/mol. The Kier molecular flexibility index (Phi) is 5.10. The van der Waals surface area contributed by atoms with Crippen LogP contribution in [0.1, 0.15) is 67.7 Å². The minimum atomic E-state index is 0.336. The molecule has 2 nitrogen and oxygen atoms in total. The van der Waals surface area contributed by atoms with Crippen LogP contribution < -0.4 is 0 Å². The summed E-state index contributed by atoms with van der Waals surface area (Å²) in [5, 5.41) is 0. The molecule has 2 heteroatoms. The number of rotatable bonds is 6. The summed E-state index contributed by atoms with van der Waals surface area (Å²) >= 11 is 0. The van der Waals surface area contributed by atoms with Crippen LogP contribution in [0.15, 0.2) is 0 Å². The smallest absolute Gasteiger partial charge is 0.0890 e. The van der Waals surface area contributed by atoms with Crippen molar-refractivity contribution in [3.05, 3.63) is 0 Å². The summed E-state index contributed by atoms with van der Waals surface area (Å²) in [7, 11) is 0. The van der Waals surface area contributed by atoms with E-state index in [-0.39, 0.29) is 0 Å². The van der Waals surface area contributed by atoms with Crippen molar-refractivity contribution in [3.63, 3.8) is 0 Å². The molecule has 0 aliphatic carbocycles. The Morgan fingerprint density at radius 2 is 1.48 bits per heavy atom. The second-order valence-electron chi connectivity index (χ2n) is 8.52. The molecule has 0 radical (unpaired) electrons. The maximum atomic E-state index is 6.13. The van der Waals surface area contributed by atoms with E-state index in [1.165, 1.54) is 19.3 Å². The van der Waals surface area contributed by atoms with Crippen molar-refractivity contribution in [1.29, 1.82) is 0 Å². The zero-order valence-corrected chi connectivity index (χ0v) is 15.2. The van der Waals surface area contributed by atoms with Crippen LogP contribution in [0.3, 0.4) is 0 Å². The van der Waals surface area contributed by atoms with Crippen molar-refractivity contribution >= 4 is 0 Å². The van der Waals surface area contributed by atoms with Crippen LogP contribution in [0.25, 0.3) is 0 Å². The van der Waals surface area contributed by atoms with E-state index in [1.807, 2.05) is 0 Å². The zero-order valence-electron chi connectivity index (χ0n) is 15.2. The van der Waals surface area contributed by atoms with E-state index in [0.29, 0.717) is 40.8 Å². The second-order valence-corrected chi connectivity index (χ2v) is 8.52. The summed E-state index contributed by atoms with van der Waals surface area (Å²) in [6.07, 6.45) is 4.35. The average Bonchev–Trinajstić information content (AvgIpc) is 3.00. The highest BCUT2D eigenvalue weighted by atomic mass is 16.6. The van der Waals surface area contributed by atoms with Crippen molar-refractivity contribution in [1.82, 2.24) is 0 Å². The highest BCUT2D eigenvalue weighted by molar-refractivity contribution is 4.99. The molecule has 0 N–H and O–H groups in total. The fourth-order valence-electron chi connectivity index (χ4n) is 4.32. The maximum Gasteiger partial charge on any atom is 0.0890 e. The van der Waals surface area contributed by atoms with E-state index in [4.69, 9.17) is 9.47 Å². The lowest BCUT2D eigenvalue weighted by Gasteiger charge is -2.48. The Morgan fingerprint density at radius 3 is 1.95 bits per heavy atom. The lowest BCUT2D eigenvalue weighted by molar-refractivity contribution is -0.0136. The van der Waals surface area contributed by atoms with Gasteiger partial charge in [0, 0.05) is 11.8 Å². The lowest BCUT2D eigenvalue weighted by Crippen LogP contribution is -2.42. The Labute approximate surface area is 132 Å². The first-order valence-corrected chi connectivity index (χ1v) is 9.00. The minimum absolute atomic E-state index is 0.336. The van der Waals surface area contributed by atoms with Crippen LogP contribution >= 0.6 is 0 Å². The van der Waals surface area contributed by atoms with Crippen molar-refractivity contribution in [2.75, 3.05) is 13.2 Å². The summed E-state index contributed by atoms with van der Waals surface area (Å²) in [5.74, 6) is 1.88. The highest BCUT2D eigenvalue weighted by Gasteiger charge is 2.51. The number of hydrogen-bond acceptors (Lipinski definition) is 2. The fourth-order valence-corrected chi connectivity index (χ4v) is 4.32. The predicted molar refractivity (Wildman–Crippen MR) is 88.4 cm³/mol. The minimum Gasteiger partial charge on any atom is -0.375 e. The summed E-state index contributed by atoms with van der Waals surface area (Å²) in [6, 6.07) is 0. The van der Waals surface area contributed by atoms with Gasteiger partial charge in [-0.15, -0.1) is 0 Å². The standard InChI is InChI=1S/C19H36O2/c1-8-14-11-20-17-15(12-21-16(14)17)10-19(7,9-2)18(5,6)13(3)4/h13-17H,8-12H2,1-7H3. The number of hydrogen-bond donors (Lipinski definition) is 0. The normalized spacial score (nSPS) is 36.0. The topological polar surface area (TPSA) is 18.5 Å². The highest BCUT2D eigenvalue weighted by Crippen LogP contribution is 2.52. The number of fused-ring (bicyclic) bond motifs is 1. The van der Waals surface area contributed by atoms with E-state index in [2.05, 4.69) is 48.5 Å². The third kappa shape index (κ3) is 2.91. The molecule has 2 aliphatic rings. The van der Waals surface area contributed by atoms with Gasteiger partial charge in [0.25, 0.3) is 0 Å². The first-order chi connectivity index (χ1) is 9.76. The molecule has 2 fully saturated rings.